The van der Waals surface area contributed by atoms with Gasteiger partial charge in [-0.15, -0.1) is 0 Å². The minimum Gasteiger partial charge on any atom is -0.0732 e. The SMILES string of the molecule is c1ccc(B(c2ccccc2)C(c2ccccc2)c2ccccc2)cc1. The van der Waals surface area contributed by atoms with Crippen LogP contribution in [0, 0.1) is 0 Å². The molecule has 4 aromatic carbocycles. The van der Waals surface area contributed by atoms with Crippen molar-refractivity contribution in [2.45, 2.75) is 5.82 Å². The maximum atomic E-state index is 2.25. The normalized spacial score (nSPS) is 10.7. The molecule has 0 aliphatic carbocycles. The Hall–Kier alpha value is -3.06. The minimum atomic E-state index is 0.266. The second-order valence-electron chi connectivity index (χ2n) is 6.60. The smallest absolute Gasteiger partial charge is 0.0732 e. The molecule has 0 atom stereocenters. The molecule has 0 fully saturated rings. The molecule has 124 valence electrons. The van der Waals surface area contributed by atoms with Gasteiger partial charge in [-0.2, -0.15) is 0 Å². The first-order valence-electron chi connectivity index (χ1n) is 9.13. The van der Waals surface area contributed by atoms with Gasteiger partial charge in [-0.1, -0.05) is 132 Å². The minimum absolute atomic E-state index is 0.266. The summed E-state index contributed by atoms with van der Waals surface area (Å²) in [5.41, 5.74) is 5.38. The fourth-order valence-electron chi connectivity index (χ4n) is 3.80. The first-order valence-corrected chi connectivity index (χ1v) is 9.13. The zero-order valence-electron chi connectivity index (χ0n) is 14.7. The lowest BCUT2D eigenvalue weighted by atomic mass is 9.31. The third kappa shape index (κ3) is 3.48. The maximum Gasteiger partial charge on any atom is 0.221 e. The van der Waals surface area contributed by atoms with Crippen LogP contribution < -0.4 is 10.9 Å². The van der Waals surface area contributed by atoms with Crippen LogP contribution in [-0.4, -0.2) is 6.71 Å². The van der Waals surface area contributed by atoms with E-state index >= 15 is 0 Å². The van der Waals surface area contributed by atoms with Crippen LogP contribution in [0.4, 0.5) is 0 Å². The van der Waals surface area contributed by atoms with Crippen LogP contribution in [0.15, 0.2) is 121 Å². The van der Waals surface area contributed by atoms with Crippen molar-refractivity contribution in [2.75, 3.05) is 0 Å². The Morgan fingerprint density at radius 1 is 0.385 bits per heavy atom. The van der Waals surface area contributed by atoms with Gasteiger partial charge in [-0.05, 0) is 16.9 Å². The maximum absolute atomic E-state index is 2.25. The summed E-state index contributed by atoms with van der Waals surface area (Å²) in [6.45, 7) is 0.266. The third-order valence-electron chi connectivity index (χ3n) is 4.97. The molecule has 0 radical (unpaired) electrons. The summed E-state index contributed by atoms with van der Waals surface area (Å²) >= 11 is 0. The summed E-state index contributed by atoms with van der Waals surface area (Å²) < 4.78 is 0. The fraction of sp³-hybridized carbons (Fsp3) is 0.0400. The molecule has 0 aromatic heterocycles. The van der Waals surface area contributed by atoms with Gasteiger partial charge in [0.25, 0.3) is 0 Å². The summed E-state index contributed by atoms with van der Waals surface area (Å²) in [6, 6.07) is 43.4. The van der Waals surface area contributed by atoms with Gasteiger partial charge in [0.05, 0.1) is 0 Å². The van der Waals surface area contributed by atoms with Gasteiger partial charge >= 0.3 is 0 Å². The van der Waals surface area contributed by atoms with E-state index in [0.29, 0.717) is 0 Å². The van der Waals surface area contributed by atoms with Crippen LogP contribution in [0.1, 0.15) is 16.9 Å². The summed E-state index contributed by atoms with van der Waals surface area (Å²) in [4.78, 5) is 0. The first kappa shape index (κ1) is 16.4. The lowest BCUT2D eigenvalue weighted by molar-refractivity contribution is 1.12. The highest BCUT2D eigenvalue weighted by atomic mass is 14.1. The number of benzene rings is 4. The molecular weight excluding hydrogens is 311 g/mol. The van der Waals surface area contributed by atoms with Crippen LogP contribution in [-0.2, 0) is 0 Å². The predicted molar refractivity (Wildman–Crippen MR) is 113 cm³/mol. The molecule has 0 nitrogen and oxygen atoms in total. The quantitative estimate of drug-likeness (QED) is 0.466. The summed E-state index contributed by atoms with van der Waals surface area (Å²) in [5, 5.41) is 0. The Kier molecular flexibility index (Phi) is 4.98. The van der Waals surface area contributed by atoms with Crippen LogP contribution >= 0.6 is 0 Å². The molecule has 26 heavy (non-hydrogen) atoms. The molecule has 1 heteroatoms. The van der Waals surface area contributed by atoms with Crippen molar-refractivity contribution in [1.82, 2.24) is 0 Å². The van der Waals surface area contributed by atoms with E-state index in [2.05, 4.69) is 121 Å². The Morgan fingerprint density at radius 3 is 1.04 bits per heavy atom. The average molecular weight is 332 g/mol. The lowest BCUT2D eigenvalue weighted by Crippen LogP contribution is -2.47. The van der Waals surface area contributed by atoms with Crippen molar-refractivity contribution in [3.05, 3.63) is 132 Å². The van der Waals surface area contributed by atoms with Gasteiger partial charge in [0.2, 0.25) is 6.71 Å². The highest BCUT2D eigenvalue weighted by molar-refractivity contribution is 6.86. The summed E-state index contributed by atoms with van der Waals surface area (Å²) in [7, 11) is 0. The molecule has 0 saturated carbocycles. The van der Waals surface area contributed by atoms with Crippen molar-refractivity contribution >= 4 is 17.6 Å². The second kappa shape index (κ2) is 7.88. The molecule has 0 unspecified atom stereocenters. The molecule has 0 heterocycles. The molecule has 0 amide bonds. The van der Waals surface area contributed by atoms with Gasteiger partial charge in [-0.3, -0.25) is 0 Å². The largest absolute Gasteiger partial charge is 0.221 e. The van der Waals surface area contributed by atoms with Crippen molar-refractivity contribution in [2.24, 2.45) is 0 Å². The molecule has 0 aliphatic heterocycles. The average Bonchev–Trinajstić information content (AvgIpc) is 2.74. The molecule has 0 N–H and O–H groups in total. The Balaban J connectivity index is 1.93. The molecule has 4 rings (SSSR count). The van der Waals surface area contributed by atoms with Crippen molar-refractivity contribution < 1.29 is 0 Å². The highest BCUT2D eigenvalue weighted by Crippen LogP contribution is 2.27. The van der Waals surface area contributed by atoms with Crippen LogP contribution in [0.3, 0.4) is 0 Å². The van der Waals surface area contributed by atoms with Crippen molar-refractivity contribution in [3.63, 3.8) is 0 Å². The van der Waals surface area contributed by atoms with E-state index in [1.807, 2.05) is 0 Å². The van der Waals surface area contributed by atoms with E-state index in [1.54, 1.807) is 0 Å². The summed E-state index contributed by atoms with van der Waals surface area (Å²) in [6.07, 6.45) is 0. The van der Waals surface area contributed by atoms with Crippen LogP contribution in [0.5, 0.6) is 0 Å². The molecule has 0 bridgehead atoms. The third-order valence-corrected chi connectivity index (χ3v) is 4.97. The van der Waals surface area contributed by atoms with Gasteiger partial charge in [0.1, 0.15) is 0 Å². The first-order chi connectivity index (χ1) is 12.9. The monoisotopic (exact) mass is 332 g/mol. The van der Waals surface area contributed by atoms with Crippen molar-refractivity contribution in [1.29, 1.82) is 0 Å². The molecule has 4 aromatic rings. The second-order valence-corrected chi connectivity index (χ2v) is 6.60. The van der Waals surface area contributed by atoms with E-state index in [4.69, 9.17) is 0 Å². The number of hydrogen-bond donors (Lipinski definition) is 0. The standard InChI is InChI=1S/C25H21B/c1-5-13-21(14-6-1)25(22-15-7-2-8-16-22)26(23-17-9-3-10-18-23)24-19-11-4-12-20-24/h1-20,25H. The number of rotatable bonds is 5. The Morgan fingerprint density at radius 2 is 0.692 bits per heavy atom. The van der Waals surface area contributed by atoms with E-state index in [-0.39, 0.29) is 12.5 Å². The molecule has 0 aliphatic rings. The van der Waals surface area contributed by atoms with Gasteiger partial charge in [-0.25, -0.2) is 0 Å². The van der Waals surface area contributed by atoms with E-state index in [1.165, 1.54) is 22.1 Å². The predicted octanol–water partition coefficient (Wildman–Crippen LogP) is 4.67. The van der Waals surface area contributed by atoms with E-state index in [9.17, 15) is 0 Å². The highest BCUT2D eigenvalue weighted by Gasteiger charge is 2.31. The molecule has 0 saturated heterocycles. The van der Waals surface area contributed by atoms with Crippen LogP contribution in [0.25, 0.3) is 0 Å². The van der Waals surface area contributed by atoms with E-state index < -0.39 is 0 Å². The lowest BCUT2D eigenvalue weighted by Gasteiger charge is -2.26. The topological polar surface area (TPSA) is 0 Å². The fourth-order valence-corrected chi connectivity index (χ4v) is 3.80. The van der Waals surface area contributed by atoms with Gasteiger partial charge in [0.15, 0.2) is 0 Å². The van der Waals surface area contributed by atoms with Gasteiger partial charge in [0, 0.05) is 0 Å². The van der Waals surface area contributed by atoms with Crippen LogP contribution in [0.2, 0.25) is 0 Å². The molecular formula is C25H21B. The zero-order valence-corrected chi connectivity index (χ0v) is 14.7. The summed E-state index contributed by atoms with van der Waals surface area (Å²) in [5.74, 6) is 0.266. The number of hydrogen-bond acceptors (Lipinski definition) is 0. The Bertz CT molecular complexity index is 759. The van der Waals surface area contributed by atoms with Gasteiger partial charge < -0.3 is 0 Å². The van der Waals surface area contributed by atoms with Crippen molar-refractivity contribution in [3.8, 4) is 0 Å². The van der Waals surface area contributed by atoms with E-state index in [0.717, 1.165) is 0 Å². The molecule has 0 spiro atoms. The zero-order chi connectivity index (χ0) is 17.6. The Labute approximate surface area is 156 Å².